The molecular formula is C28H20N2O. The zero-order chi connectivity index (χ0) is 21.5. The first-order chi connectivity index (χ1) is 15.2. The maximum Gasteiger partial charge on any atom is 0.143 e. The lowest BCUT2D eigenvalue weighted by atomic mass is 10.1. The van der Waals surface area contributed by atoms with E-state index in [1.165, 1.54) is 0 Å². The standard InChI is InChI=1S/C28H20N2O/c29-25-15-17-27(23(19-25)13-11-21-7-3-1-4-8-21)31-28-18-16-26(30)20-24(28)14-12-22-9-5-2-6-10-22/h1-10,15-20H,29-30H2. The van der Waals surface area contributed by atoms with Crippen LogP contribution in [0.4, 0.5) is 11.4 Å². The second-order valence-electron chi connectivity index (χ2n) is 6.85. The van der Waals surface area contributed by atoms with Crippen LogP contribution in [0.3, 0.4) is 0 Å². The van der Waals surface area contributed by atoms with Gasteiger partial charge in [0.05, 0.1) is 11.1 Å². The van der Waals surface area contributed by atoms with Gasteiger partial charge in [-0.1, -0.05) is 60.1 Å². The second-order valence-corrected chi connectivity index (χ2v) is 6.85. The fourth-order valence-electron chi connectivity index (χ4n) is 2.91. The van der Waals surface area contributed by atoms with Crippen LogP contribution in [-0.2, 0) is 0 Å². The average Bonchev–Trinajstić information content (AvgIpc) is 2.80. The van der Waals surface area contributed by atoms with Crippen molar-refractivity contribution in [2.45, 2.75) is 0 Å². The van der Waals surface area contributed by atoms with Crippen LogP contribution in [0.2, 0.25) is 0 Å². The van der Waals surface area contributed by atoms with Crippen LogP contribution < -0.4 is 16.2 Å². The molecule has 0 amide bonds. The highest BCUT2D eigenvalue weighted by Crippen LogP contribution is 2.30. The minimum Gasteiger partial charge on any atom is -0.455 e. The van der Waals surface area contributed by atoms with Crippen molar-refractivity contribution in [2.24, 2.45) is 0 Å². The molecule has 0 saturated heterocycles. The maximum atomic E-state index is 6.21. The van der Waals surface area contributed by atoms with Gasteiger partial charge in [-0.3, -0.25) is 0 Å². The van der Waals surface area contributed by atoms with E-state index >= 15 is 0 Å². The van der Waals surface area contributed by atoms with Gasteiger partial charge in [-0.2, -0.15) is 0 Å². The van der Waals surface area contributed by atoms with Crippen LogP contribution in [0, 0.1) is 23.7 Å². The van der Waals surface area contributed by atoms with E-state index < -0.39 is 0 Å². The third kappa shape index (κ3) is 5.26. The molecule has 0 saturated carbocycles. The summed E-state index contributed by atoms with van der Waals surface area (Å²) in [6.45, 7) is 0. The smallest absolute Gasteiger partial charge is 0.143 e. The van der Waals surface area contributed by atoms with Crippen molar-refractivity contribution in [2.75, 3.05) is 11.5 Å². The summed E-state index contributed by atoms with van der Waals surface area (Å²) in [7, 11) is 0. The fourth-order valence-corrected chi connectivity index (χ4v) is 2.91. The molecule has 4 N–H and O–H groups in total. The normalized spacial score (nSPS) is 9.68. The molecule has 0 aliphatic carbocycles. The van der Waals surface area contributed by atoms with Gasteiger partial charge in [-0.25, -0.2) is 0 Å². The molecule has 3 heteroatoms. The molecule has 0 aliphatic rings. The van der Waals surface area contributed by atoms with E-state index in [0.717, 1.165) is 11.1 Å². The fraction of sp³-hybridized carbons (Fsp3) is 0. The molecule has 3 nitrogen and oxygen atoms in total. The van der Waals surface area contributed by atoms with Crippen molar-refractivity contribution in [3.8, 4) is 35.2 Å². The van der Waals surface area contributed by atoms with Gasteiger partial charge in [-0.15, -0.1) is 0 Å². The molecule has 0 fully saturated rings. The Hall–Kier alpha value is -4.60. The van der Waals surface area contributed by atoms with Crippen LogP contribution in [0.5, 0.6) is 11.5 Å². The Labute approximate surface area is 182 Å². The van der Waals surface area contributed by atoms with E-state index in [2.05, 4.69) is 23.7 Å². The Kier molecular flexibility index (Phi) is 5.89. The van der Waals surface area contributed by atoms with Gasteiger partial charge in [0, 0.05) is 22.5 Å². The monoisotopic (exact) mass is 400 g/mol. The van der Waals surface area contributed by atoms with Gasteiger partial charge >= 0.3 is 0 Å². The van der Waals surface area contributed by atoms with Gasteiger partial charge in [0.25, 0.3) is 0 Å². The Balaban J connectivity index is 1.69. The molecule has 0 unspecified atom stereocenters. The molecule has 4 rings (SSSR count). The predicted octanol–water partition coefficient (Wildman–Crippen LogP) is 5.44. The van der Waals surface area contributed by atoms with Crippen molar-refractivity contribution >= 4 is 11.4 Å². The van der Waals surface area contributed by atoms with Crippen LogP contribution in [0.25, 0.3) is 0 Å². The molecule has 4 aromatic rings. The minimum absolute atomic E-state index is 0.602. The maximum absolute atomic E-state index is 6.21. The topological polar surface area (TPSA) is 61.3 Å². The molecule has 0 aromatic heterocycles. The largest absolute Gasteiger partial charge is 0.455 e. The number of benzene rings is 4. The number of rotatable bonds is 2. The van der Waals surface area contributed by atoms with E-state index in [4.69, 9.17) is 16.2 Å². The highest BCUT2D eigenvalue weighted by Gasteiger charge is 2.08. The Morgan fingerprint density at radius 2 is 0.903 bits per heavy atom. The molecule has 0 spiro atoms. The number of nitrogens with two attached hydrogens (primary N) is 2. The van der Waals surface area contributed by atoms with Gasteiger partial charge in [0.2, 0.25) is 0 Å². The Morgan fingerprint density at radius 1 is 0.484 bits per heavy atom. The summed E-state index contributed by atoms with van der Waals surface area (Å²) in [5.41, 5.74) is 16.4. The summed E-state index contributed by atoms with van der Waals surface area (Å²) in [6.07, 6.45) is 0. The Morgan fingerprint density at radius 3 is 1.32 bits per heavy atom. The lowest BCUT2D eigenvalue weighted by Crippen LogP contribution is -1.95. The summed E-state index contributed by atoms with van der Waals surface area (Å²) >= 11 is 0. The number of nitrogen functional groups attached to an aromatic ring is 2. The summed E-state index contributed by atoms with van der Waals surface area (Å²) in [5, 5.41) is 0. The first-order valence-corrected chi connectivity index (χ1v) is 9.78. The van der Waals surface area contributed by atoms with E-state index in [0.29, 0.717) is 34.0 Å². The van der Waals surface area contributed by atoms with Crippen LogP contribution in [0.1, 0.15) is 22.3 Å². The van der Waals surface area contributed by atoms with E-state index in [1.54, 1.807) is 24.3 Å². The van der Waals surface area contributed by atoms with Crippen molar-refractivity contribution in [3.05, 3.63) is 119 Å². The average molecular weight is 400 g/mol. The van der Waals surface area contributed by atoms with Crippen molar-refractivity contribution < 1.29 is 4.74 Å². The summed E-state index contributed by atoms with van der Waals surface area (Å²) in [4.78, 5) is 0. The van der Waals surface area contributed by atoms with Gasteiger partial charge < -0.3 is 16.2 Å². The third-order valence-electron chi connectivity index (χ3n) is 4.46. The van der Waals surface area contributed by atoms with Crippen LogP contribution >= 0.6 is 0 Å². The van der Waals surface area contributed by atoms with Gasteiger partial charge in [-0.05, 0) is 60.7 Å². The SMILES string of the molecule is Nc1ccc(Oc2ccc(N)cc2C#Cc2ccccc2)c(C#Cc2ccccc2)c1. The highest BCUT2D eigenvalue weighted by molar-refractivity contribution is 5.61. The van der Waals surface area contributed by atoms with Crippen molar-refractivity contribution in [1.29, 1.82) is 0 Å². The van der Waals surface area contributed by atoms with Gasteiger partial charge in [0.15, 0.2) is 0 Å². The predicted molar refractivity (Wildman–Crippen MR) is 127 cm³/mol. The van der Waals surface area contributed by atoms with Crippen LogP contribution in [-0.4, -0.2) is 0 Å². The van der Waals surface area contributed by atoms with Crippen molar-refractivity contribution in [3.63, 3.8) is 0 Å². The van der Waals surface area contributed by atoms with Crippen molar-refractivity contribution in [1.82, 2.24) is 0 Å². The highest BCUT2D eigenvalue weighted by atomic mass is 16.5. The zero-order valence-electron chi connectivity index (χ0n) is 16.8. The van der Waals surface area contributed by atoms with E-state index in [9.17, 15) is 0 Å². The second kappa shape index (κ2) is 9.27. The molecular weight excluding hydrogens is 380 g/mol. The molecule has 0 atom stereocenters. The number of hydrogen-bond donors (Lipinski definition) is 2. The molecule has 0 radical (unpaired) electrons. The molecule has 31 heavy (non-hydrogen) atoms. The first kappa shape index (κ1) is 19.7. The number of anilines is 2. The third-order valence-corrected chi connectivity index (χ3v) is 4.46. The number of hydrogen-bond acceptors (Lipinski definition) is 3. The summed E-state index contributed by atoms with van der Waals surface area (Å²) in [6, 6.07) is 30.4. The van der Waals surface area contributed by atoms with Gasteiger partial charge in [0.1, 0.15) is 11.5 Å². The molecule has 148 valence electrons. The summed E-state index contributed by atoms with van der Waals surface area (Å²) < 4.78 is 6.21. The Bertz CT molecular complexity index is 1220. The number of ether oxygens (including phenoxy) is 1. The quantitative estimate of drug-likeness (QED) is 0.348. The summed E-state index contributed by atoms with van der Waals surface area (Å²) in [5.74, 6) is 13.8. The minimum atomic E-state index is 0.602. The molecule has 0 aliphatic heterocycles. The van der Waals surface area contributed by atoms with E-state index in [-0.39, 0.29) is 0 Å². The molecule has 4 aromatic carbocycles. The van der Waals surface area contributed by atoms with Crippen LogP contribution in [0.15, 0.2) is 97.1 Å². The zero-order valence-corrected chi connectivity index (χ0v) is 16.8. The molecule has 0 heterocycles. The first-order valence-electron chi connectivity index (χ1n) is 9.78. The lowest BCUT2D eigenvalue weighted by molar-refractivity contribution is 0.480. The lowest BCUT2D eigenvalue weighted by Gasteiger charge is -2.11. The molecule has 0 bridgehead atoms. The van der Waals surface area contributed by atoms with E-state index in [1.807, 2.05) is 72.8 Å².